The lowest BCUT2D eigenvalue weighted by atomic mass is 9.75. The Balaban J connectivity index is 1.55. The van der Waals surface area contributed by atoms with Crippen LogP contribution in [0.3, 0.4) is 0 Å². The van der Waals surface area contributed by atoms with Crippen LogP contribution in [0.1, 0.15) is 39.4 Å². The van der Waals surface area contributed by atoms with Crippen molar-refractivity contribution in [3.63, 3.8) is 0 Å². The normalized spacial score (nSPS) is 19.7. The number of carbonyl (C=O) groups excluding carboxylic acids is 1. The first-order chi connectivity index (χ1) is 17.1. The van der Waals surface area contributed by atoms with Crippen LogP contribution in [0.2, 0.25) is 5.02 Å². The molecule has 2 aliphatic carbocycles. The first-order valence-electron chi connectivity index (χ1n) is 12.1. The maximum Gasteiger partial charge on any atom is 0.170 e. The molecule has 0 saturated heterocycles. The number of benzene rings is 3. The lowest BCUT2D eigenvalue weighted by Gasteiger charge is -2.30. The molecule has 3 aliphatic rings. The molecule has 172 valence electrons. The number of rotatable bonds is 3. The SMILES string of the molecule is Cc1ccc(Cl)cc1C(=O)C1C=c2c(ccc3c2=CCc2ccccc2-3)C(C2=CC=CC=CN2)C1. The molecule has 1 aliphatic heterocycles. The zero-order valence-corrected chi connectivity index (χ0v) is 20.3. The Morgan fingerprint density at radius 1 is 0.971 bits per heavy atom. The number of ketones is 1. The van der Waals surface area contributed by atoms with Gasteiger partial charge in [0.1, 0.15) is 0 Å². The van der Waals surface area contributed by atoms with Crippen molar-refractivity contribution in [1.29, 1.82) is 0 Å². The number of nitrogens with one attached hydrogen (secondary N) is 1. The lowest BCUT2D eigenvalue weighted by molar-refractivity contribution is 0.0943. The highest BCUT2D eigenvalue weighted by Crippen LogP contribution is 2.35. The van der Waals surface area contributed by atoms with Gasteiger partial charge in [0.05, 0.1) is 0 Å². The van der Waals surface area contributed by atoms with Gasteiger partial charge in [0.25, 0.3) is 0 Å². The molecule has 3 aromatic carbocycles. The molecule has 0 aromatic heterocycles. The van der Waals surface area contributed by atoms with E-state index >= 15 is 0 Å². The minimum Gasteiger partial charge on any atom is -0.364 e. The molecule has 0 spiro atoms. The van der Waals surface area contributed by atoms with E-state index in [9.17, 15) is 4.79 Å². The molecule has 35 heavy (non-hydrogen) atoms. The van der Waals surface area contributed by atoms with Crippen LogP contribution in [-0.2, 0) is 6.42 Å². The van der Waals surface area contributed by atoms with E-state index in [4.69, 9.17) is 11.6 Å². The molecular formula is C32H26ClNO. The number of aryl methyl sites for hydroxylation is 1. The summed E-state index contributed by atoms with van der Waals surface area (Å²) in [6.07, 6.45) is 16.3. The van der Waals surface area contributed by atoms with Gasteiger partial charge in [-0.2, -0.15) is 0 Å². The van der Waals surface area contributed by atoms with Crippen LogP contribution in [0, 0.1) is 12.8 Å². The van der Waals surface area contributed by atoms with Crippen molar-refractivity contribution in [2.24, 2.45) is 5.92 Å². The first-order valence-corrected chi connectivity index (χ1v) is 12.5. The predicted octanol–water partition coefficient (Wildman–Crippen LogP) is 5.98. The molecule has 0 fully saturated rings. The average Bonchev–Trinajstić information content (AvgIpc) is 3.18. The molecule has 6 rings (SSSR count). The molecule has 3 heteroatoms. The summed E-state index contributed by atoms with van der Waals surface area (Å²) >= 11 is 6.29. The summed E-state index contributed by atoms with van der Waals surface area (Å²) < 4.78 is 0. The maximum absolute atomic E-state index is 13.9. The highest BCUT2D eigenvalue weighted by atomic mass is 35.5. The predicted molar refractivity (Wildman–Crippen MR) is 145 cm³/mol. The van der Waals surface area contributed by atoms with Crippen LogP contribution in [-0.4, -0.2) is 5.78 Å². The first kappa shape index (κ1) is 21.9. The molecule has 1 heterocycles. The summed E-state index contributed by atoms with van der Waals surface area (Å²) in [5, 5.41) is 6.49. The number of fused-ring (bicyclic) bond motifs is 5. The molecular weight excluding hydrogens is 450 g/mol. The maximum atomic E-state index is 13.9. The number of hydrogen-bond donors (Lipinski definition) is 1. The molecule has 0 radical (unpaired) electrons. The Bertz CT molecular complexity index is 1570. The van der Waals surface area contributed by atoms with E-state index in [0.29, 0.717) is 17.0 Å². The third-order valence-corrected chi connectivity index (χ3v) is 7.64. The Morgan fingerprint density at radius 2 is 1.86 bits per heavy atom. The molecule has 2 atom stereocenters. The number of hydrogen-bond acceptors (Lipinski definition) is 2. The zero-order valence-electron chi connectivity index (χ0n) is 19.6. The van der Waals surface area contributed by atoms with Gasteiger partial charge in [-0.1, -0.05) is 78.4 Å². The monoisotopic (exact) mass is 475 g/mol. The highest BCUT2D eigenvalue weighted by molar-refractivity contribution is 6.31. The summed E-state index contributed by atoms with van der Waals surface area (Å²) in [5.74, 6) is -0.0119. The van der Waals surface area contributed by atoms with Gasteiger partial charge >= 0.3 is 0 Å². The van der Waals surface area contributed by atoms with E-state index in [1.807, 2.05) is 43.5 Å². The summed E-state index contributed by atoms with van der Waals surface area (Å²) in [6.45, 7) is 1.98. The summed E-state index contributed by atoms with van der Waals surface area (Å²) in [5.41, 5.74) is 7.93. The molecule has 1 N–H and O–H groups in total. The molecule has 0 amide bonds. The Morgan fingerprint density at radius 3 is 2.77 bits per heavy atom. The van der Waals surface area contributed by atoms with Gasteiger partial charge in [-0.3, -0.25) is 4.79 Å². The third kappa shape index (κ3) is 3.88. The fourth-order valence-corrected chi connectivity index (χ4v) is 5.82. The molecule has 0 bridgehead atoms. The van der Waals surface area contributed by atoms with Crippen molar-refractivity contribution in [2.45, 2.75) is 25.7 Å². The van der Waals surface area contributed by atoms with Gasteiger partial charge < -0.3 is 5.32 Å². The van der Waals surface area contributed by atoms with Gasteiger partial charge in [0.2, 0.25) is 0 Å². The van der Waals surface area contributed by atoms with Gasteiger partial charge in [-0.15, -0.1) is 0 Å². The standard InChI is InChI=1S/C32H26ClNO/c1-20-10-12-23(33)19-28(20)32(35)22-17-29-26-13-11-21-7-4-5-8-24(21)25(26)14-15-27(29)30(18-22)31-9-3-2-6-16-34-31/h2-10,12-17,19,22,30,34H,11,18H2,1H3. The van der Waals surface area contributed by atoms with Crippen molar-refractivity contribution in [3.8, 4) is 11.1 Å². The van der Waals surface area contributed by atoms with Crippen molar-refractivity contribution in [3.05, 3.63) is 129 Å². The lowest BCUT2D eigenvalue weighted by Crippen LogP contribution is -2.40. The Kier molecular flexibility index (Phi) is 5.54. The third-order valence-electron chi connectivity index (χ3n) is 7.41. The van der Waals surface area contributed by atoms with Crippen LogP contribution in [0.5, 0.6) is 0 Å². The molecule has 2 unspecified atom stereocenters. The molecule has 3 aromatic rings. The van der Waals surface area contributed by atoms with Gasteiger partial charge in [-0.05, 0) is 82.3 Å². The van der Waals surface area contributed by atoms with Crippen LogP contribution in [0.4, 0.5) is 0 Å². The fraction of sp³-hybridized carbons (Fsp3) is 0.156. The van der Waals surface area contributed by atoms with Crippen molar-refractivity contribution in [1.82, 2.24) is 5.32 Å². The minimum absolute atomic E-state index is 0.0895. The second-order valence-corrected chi connectivity index (χ2v) is 9.93. The second-order valence-electron chi connectivity index (χ2n) is 9.49. The van der Waals surface area contributed by atoms with E-state index < -0.39 is 0 Å². The molecule has 0 saturated carbocycles. The number of Topliss-reactive ketones (excluding diaryl/α,β-unsaturated/α-hetero) is 1. The van der Waals surface area contributed by atoms with E-state index in [2.05, 4.69) is 66.0 Å². The van der Waals surface area contributed by atoms with Crippen LogP contribution < -0.4 is 15.8 Å². The molecule has 2 nitrogen and oxygen atoms in total. The van der Waals surface area contributed by atoms with Crippen LogP contribution >= 0.6 is 11.6 Å². The van der Waals surface area contributed by atoms with E-state index in [1.165, 1.54) is 32.7 Å². The van der Waals surface area contributed by atoms with E-state index in [0.717, 1.165) is 17.7 Å². The van der Waals surface area contributed by atoms with Crippen LogP contribution in [0.15, 0.2) is 90.8 Å². The smallest absolute Gasteiger partial charge is 0.170 e. The number of carbonyl (C=O) groups is 1. The Hall–Kier alpha value is -3.62. The minimum atomic E-state index is -0.236. The van der Waals surface area contributed by atoms with E-state index in [1.54, 1.807) is 0 Å². The summed E-state index contributed by atoms with van der Waals surface area (Å²) in [7, 11) is 0. The van der Waals surface area contributed by atoms with E-state index in [-0.39, 0.29) is 17.6 Å². The van der Waals surface area contributed by atoms with Crippen LogP contribution in [0.25, 0.3) is 23.3 Å². The largest absolute Gasteiger partial charge is 0.364 e. The highest BCUT2D eigenvalue weighted by Gasteiger charge is 2.31. The van der Waals surface area contributed by atoms with Crippen molar-refractivity contribution in [2.75, 3.05) is 0 Å². The fourth-order valence-electron chi connectivity index (χ4n) is 5.65. The van der Waals surface area contributed by atoms with Gasteiger partial charge in [0.15, 0.2) is 5.78 Å². The number of halogens is 1. The quantitative estimate of drug-likeness (QED) is 0.472. The average molecular weight is 476 g/mol. The summed E-state index contributed by atoms with van der Waals surface area (Å²) in [4.78, 5) is 13.9. The second kappa shape index (κ2) is 8.87. The van der Waals surface area contributed by atoms with Crippen molar-refractivity contribution < 1.29 is 4.79 Å². The number of allylic oxidation sites excluding steroid dienone is 5. The Labute approximate surface area is 210 Å². The van der Waals surface area contributed by atoms with Crippen molar-refractivity contribution >= 4 is 29.5 Å². The van der Waals surface area contributed by atoms with Gasteiger partial charge in [-0.25, -0.2) is 0 Å². The topological polar surface area (TPSA) is 29.1 Å². The van der Waals surface area contributed by atoms with Gasteiger partial charge in [0, 0.05) is 34.3 Å². The zero-order chi connectivity index (χ0) is 23.9. The summed E-state index contributed by atoms with van der Waals surface area (Å²) in [6, 6.07) is 18.7.